The highest BCUT2D eigenvalue weighted by Gasteiger charge is 2.15. The lowest BCUT2D eigenvalue weighted by Gasteiger charge is -2.00. The van der Waals surface area contributed by atoms with E-state index in [-0.39, 0.29) is 0 Å². The van der Waals surface area contributed by atoms with Crippen molar-refractivity contribution in [1.82, 2.24) is 15.3 Å². The molecule has 6 heteroatoms. The predicted molar refractivity (Wildman–Crippen MR) is 110 cm³/mol. The van der Waals surface area contributed by atoms with Crippen LogP contribution < -0.4 is 20.1 Å². The molecule has 0 radical (unpaired) electrons. The van der Waals surface area contributed by atoms with Crippen molar-refractivity contribution in [2.75, 3.05) is 13.1 Å². The van der Waals surface area contributed by atoms with Crippen molar-refractivity contribution >= 4 is 17.8 Å². The number of hydrazone groups is 1. The van der Waals surface area contributed by atoms with E-state index in [1.54, 1.807) is 0 Å². The van der Waals surface area contributed by atoms with Gasteiger partial charge in [-0.25, -0.2) is 8.97 Å². The third kappa shape index (κ3) is 4.34. The minimum Gasteiger partial charge on any atom is -0.277 e. The first-order valence-corrected chi connectivity index (χ1v) is 9.34. The molecule has 1 aromatic carbocycles. The van der Waals surface area contributed by atoms with E-state index >= 15 is 0 Å². The van der Waals surface area contributed by atoms with Crippen LogP contribution in [0.3, 0.4) is 0 Å². The number of benzene rings is 1. The van der Waals surface area contributed by atoms with Crippen molar-refractivity contribution in [2.24, 2.45) is 12.1 Å². The molecule has 140 valence electrons. The van der Waals surface area contributed by atoms with Crippen LogP contribution in [0.1, 0.15) is 25.0 Å². The number of nitrogens with zero attached hydrogens (tertiary/aromatic N) is 3. The molecule has 2 aromatic heterocycles. The molecule has 0 bridgehead atoms. The zero-order valence-corrected chi connectivity index (χ0v) is 16.5. The Kier molecular flexibility index (Phi) is 5.86. The summed E-state index contributed by atoms with van der Waals surface area (Å²) < 4.78 is 4.38. The van der Waals surface area contributed by atoms with Gasteiger partial charge in [0.2, 0.25) is 0 Å². The lowest BCUT2D eigenvalue weighted by molar-refractivity contribution is -0.510. The third-order valence-electron chi connectivity index (χ3n) is 4.37. The fourth-order valence-electron chi connectivity index (χ4n) is 3.03. The monoisotopic (exact) mass is 364 g/mol. The summed E-state index contributed by atoms with van der Waals surface area (Å²) in [5, 5.41) is 7.50. The first-order valence-electron chi connectivity index (χ1n) is 9.34. The van der Waals surface area contributed by atoms with Gasteiger partial charge in [-0.15, -0.1) is 5.10 Å². The van der Waals surface area contributed by atoms with Gasteiger partial charge in [-0.3, -0.25) is 10.3 Å². The van der Waals surface area contributed by atoms with Gasteiger partial charge >= 0.3 is 5.96 Å². The van der Waals surface area contributed by atoms with E-state index in [0.717, 1.165) is 24.6 Å². The van der Waals surface area contributed by atoms with Crippen molar-refractivity contribution in [2.45, 2.75) is 20.8 Å². The van der Waals surface area contributed by atoms with Crippen LogP contribution in [0.2, 0.25) is 0 Å². The van der Waals surface area contributed by atoms with Crippen LogP contribution in [0.5, 0.6) is 0 Å². The number of guanidine groups is 1. The minimum atomic E-state index is 0.815. The summed E-state index contributed by atoms with van der Waals surface area (Å²) in [5.41, 5.74) is 8.81. The molecule has 0 saturated carbocycles. The summed E-state index contributed by atoms with van der Waals surface area (Å²) in [6.07, 6.45) is 6.13. The predicted octanol–water partition coefficient (Wildman–Crippen LogP) is 0.729. The maximum absolute atomic E-state index is 4.30. The maximum Gasteiger partial charge on any atom is 0.367 e. The largest absolute Gasteiger partial charge is 0.367 e. The molecule has 3 N–H and O–H groups in total. The molecule has 0 aliphatic carbocycles. The van der Waals surface area contributed by atoms with Gasteiger partial charge in [0.1, 0.15) is 6.20 Å². The molecule has 0 fully saturated rings. The molecular weight excluding hydrogens is 336 g/mol. The van der Waals surface area contributed by atoms with Gasteiger partial charge in [-0.2, -0.15) is 5.43 Å². The number of imidazole rings is 1. The fraction of sp³-hybridized carbons (Fsp3) is 0.286. The Hall–Kier alpha value is -3.15. The molecule has 3 rings (SSSR count). The van der Waals surface area contributed by atoms with Crippen LogP contribution in [-0.4, -0.2) is 29.8 Å². The van der Waals surface area contributed by atoms with Crippen LogP contribution in [0.4, 0.5) is 0 Å². The molecular formula is C21H28N6+2. The fourth-order valence-corrected chi connectivity index (χ4v) is 3.03. The van der Waals surface area contributed by atoms with Crippen molar-refractivity contribution < 1.29 is 9.39 Å². The second-order valence-electron chi connectivity index (χ2n) is 6.47. The number of nitrogens with one attached hydrogen (secondary N) is 3. The van der Waals surface area contributed by atoms with Gasteiger partial charge < -0.3 is 0 Å². The topological polar surface area (TPSA) is 59.4 Å². The summed E-state index contributed by atoms with van der Waals surface area (Å²) in [6, 6.07) is 12.7. The zero-order valence-electron chi connectivity index (χ0n) is 16.5. The van der Waals surface area contributed by atoms with E-state index in [0.29, 0.717) is 0 Å². The van der Waals surface area contributed by atoms with Gasteiger partial charge in [-0.05, 0) is 50.1 Å². The number of aromatic nitrogens is 2. The van der Waals surface area contributed by atoms with Gasteiger partial charge in [-0.1, -0.05) is 12.1 Å². The average Bonchev–Trinajstić information content (AvgIpc) is 2.98. The summed E-state index contributed by atoms with van der Waals surface area (Å²) in [4.78, 5) is 3.20. The van der Waals surface area contributed by atoms with E-state index in [2.05, 4.69) is 92.6 Å². The summed E-state index contributed by atoms with van der Waals surface area (Å²) in [5.74, 6) is 0.815. The third-order valence-corrected chi connectivity index (χ3v) is 4.37. The first-order chi connectivity index (χ1) is 13.1. The lowest BCUT2D eigenvalue weighted by Crippen LogP contribution is -2.78. The molecule has 27 heavy (non-hydrogen) atoms. The quantitative estimate of drug-likeness (QED) is 0.271. The highest BCUT2D eigenvalue weighted by Crippen LogP contribution is 2.20. The SMILES string of the molecule is CCNC(N/N=C\c1ccc(-c2c[n+]3cc(C)ccc3n2C)cc1)=[NH+]CC. The standard InChI is InChI=1S/C21H27N6/c1-5-22-21(23-6-2)25-24-13-17-8-10-18(11-9-17)19-15-27-14-16(3)7-12-20(27)26(19)4/h7-15H,5-6H2,1-4H3,(H2,22,23,25)/q+1/p+1/b24-13-. The van der Waals surface area contributed by atoms with E-state index < -0.39 is 0 Å². The molecule has 0 saturated heterocycles. The molecule has 2 heterocycles. The number of hydrogen-bond acceptors (Lipinski definition) is 1. The minimum absolute atomic E-state index is 0.815. The Morgan fingerprint density at radius 2 is 1.93 bits per heavy atom. The zero-order chi connectivity index (χ0) is 19.2. The Balaban J connectivity index is 1.77. The molecule has 6 nitrogen and oxygen atoms in total. The average molecular weight is 364 g/mol. The Morgan fingerprint density at radius 3 is 2.63 bits per heavy atom. The molecule has 0 aliphatic heterocycles. The molecule has 0 spiro atoms. The highest BCUT2D eigenvalue weighted by molar-refractivity contribution is 5.82. The summed E-state index contributed by atoms with van der Waals surface area (Å²) in [7, 11) is 2.10. The molecule has 3 aromatic rings. The molecule has 0 aliphatic rings. The van der Waals surface area contributed by atoms with Gasteiger partial charge in [0.15, 0.2) is 5.69 Å². The summed E-state index contributed by atoms with van der Waals surface area (Å²) in [6.45, 7) is 7.88. The van der Waals surface area contributed by atoms with E-state index in [1.807, 2.05) is 20.1 Å². The Bertz CT molecular complexity index is 966. The van der Waals surface area contributed by atoms with Crippen LogP contribution in [-0.2, 0) is 7.05 Å². The maximum atomic E-state index is 4.30. The number of aryl methyl sites for hydroxylation is 2. The first kappa shape index (κ1) is 18.6. The van der Waals surface area contributed by atoms with Gasteiger partial charge in [0, 0.05) is 11.6 Å². The summed E-state index contributed by atoms with van der Waals surface area (Å²) >= 11 is 0. The van der Waals surface area contributed by atoms with Crippen LogP contribution in [0.15, 0.2) is 53.9 Å². The van der Waals surface area contributed by atoms with E-state index in [4.69, 9.17) is 0 Å². The smallest absolute Gasteiger partial charge is 0.277 e. The number of rotatable bonds is 5. The Labute approximate surface area is 160 Å². The highest BCUT2D eigenvalue weighted by atomic mass is 15.4. The van der Waals surface area contributed by atoms with Crippen molar-refractivity contribution in [1.29, 1.82) is 0 Å². The molecule has 0 amide bonds. The van der Waals surface area contributed by atoms with E-state index in [9.17, 15) is 0 Å². The lowest BCUT2D eigenvalue weighted by atomic mass is 10.1. The number of hydrogen-bond donors (Lipinski definition) is 3. The molecule has 0 unspecified atom stereocenters. The Morgan fingerprint density at radius 1 is 1.15 bits per heavy atom. The normalized spacial score (nSPS) is 12.1. The van der Waals surface area contributed by atoms with Crippen LogP contribution >= 0.6 is 0 Å². The molecule has 0 atom stereocenters. The number of fused-ring (bicyclic) bond motifs is 1. The van der Waals surface area contributed by atoms with Crippen molar-refractivity contribution in [3.8, 4) is 11.3 Å². The van der Waals surface area contributed by atoms with Crippen LogP contribution in [0, 0.1) is 6.92 Å². The number of pyridine rings is 1. The second kappa shape index (κ2) is 8.49. The van der Waals surface area contributed by atoms with Gasteiger partial charge in [0.25, 0.3) is 5.65 Å². The second-order valence-corrected chi connectivity index (χ2v) is 6.47. The van der Waals surface area contributed by atoms with Crippen molar-refractivity contribution in [3.05, 3.63) is 59.9 Å². The van der Waals surface area contributed by atoms with E-state index in [1.165, 1.54) is 22.5 Å². The van der Waals surface area contributed by atoms with Crippen molar-refractivity contribution in [3.63, 3.8) is 0 Å². The van der Waals surface area contributed by atoms with Gasteiger partial charge in [0.05, 0.1) is 32.5 Å². The van der Waals surface area contributed by atoms with Crippen LogP contribution in [0.25, 0.3) is 16.9 Å².